The van der Waals surface area contributed by atoms with Gasteiger partial charge < -0.3 is 14.5 Å². The smallest absolute Gasteiger partial charge is 0.168 e. The van der Waals surface area contributed by atoms with Crippen LogP contribution in [0.4, 0.5) is 0 Å². The van der Waals surface area contributed by atoms with Crippen molar-refractivity contribution in [1.82, 2.24) is 9.97 Å². The summed E-state index contributed by atoms with van der Waals surface area (Å²) in [4.78, 5) is 7.85. The van der Waals surface area contributed by atoms with Crippen LogP contribution in [0.15, 0.2) is 42.5 Å². The maximum absolute atomic E-state index is 5.96. The van der Waals surface area contributed by atoms with Crippen LogP contribution in [0.25, 0.3) is 23.2 Å². The Morgan fingerprint density at radius 2 is 1.92 bits per heavy atom. The van der Waals surface area contributed by atoms with E-state index in [2.05, 4.69) is 23.8 Å². The molecule has 0 saturated heterocycles. The van der Waals surface area contributed by atoms with Gasteiger partial charge in [0.15, 0.2) is 11.5 Å². The molecule has 0 aliphatic heterocycles. The lowest BCUT2D eigenvalue weighted by atomic mass is 10.1. The first kappa shape index (κ1) is 16.1. The summed E-state index contributed by atoms with van der Waals surface area (Å²) in [6, 6.07) is 13.9. The van der Waals surface area contributed by atoms with Gasteiger partial charge in [0.2, 0.25) is 0 Å². The summed E-state index contributed by atoms with van der Waals surface area (Å²) in [6.07, 6.45) is 3.95. The van der Waals surface area contributed by atoms with Crippen LogP contribution in [0.3, 0.4) is 0 Å². The summed E-state index contributed by atoms with van der Waals surface area (Å²) < 4.78 is 11.4. The van der Waals surface area contributed by atoms with Crippen LogP contribution in [0, 0.1) is 5.92 Å². The van der Waals surface area contributed by atoms with Crippen molar-refractivity contribution < 1.29 is 9.47 Å². The Hall–Kier alpha value is -2.75. The number of hydrogen-bond acceptors (Lipinski definition) is 3. The fraction of sp³-hybridized carbons (Fsp3) is 0.250. The quantitative estimate of drug-likeness (QED) is 0.710. The summed E-state index contributed by atoms with van der Waals surface area (Å²) in [5, 5.41) is 0. The molecule has 4 heteroatoms. The number of imidazole rings is 1. The van der Waals surface area contributed by atoms with E-state index in [1.807, 2.05) is 54.6 Å². The van der Waals surface area contributed by atoms with Crippen LogP contribution >= 0.6 is 0 Å². The van der Waals surface area contributed by atoms with Crippen molar-refractivity contribution in [2.75, 3.05) is 13.7 Å². The van der Waals surface area contributed by atoms with Gasteiger partial charge in [-0.05, 0) is 36.3 Å². The van der Waals surface area contributed by atoms with E-state index in [1.54, 1.807) is 7.11 Å². The molecule has 1 N–H and O–H groups in total. The number of fused-ring (bicyclic) bond motifs is 1. The molecule has 0 spiro atoms. The lowest BCUT2D eigenvalue weighted by molar-refractivity contribution is 0.256. The molecule has 3 aromatic rings. The van der Waals surface area contributed by atoms with Crippen LogP contribution in [0.1, 0.15) is 25.2 Å². The summed E-state index contributed by atoms with van der Waals surface area (Å²) in [5.41, 5.74) is 2.95. The van der Waals surface area contributed by atoms with E-state index in [4.69, 9.17) is 9.47 Å². The van der Waals surface area contributed by atoms with Crippen molar-refractivity contribution in [2.24, 2.45) is 5.92 Å². The van der Waals surface area contributed by atoms with Crippen molar-refractivity contribution in [3.63, 3.8) is 0 Å². The number of para-hydroxylation sites is 3. The van der Waals surface area contributed by atoms with Gasteiger partial charge in [0.25, 0.3) is 0 Å². The Bertz CT molecular complexity index is 817. The van der Waals surface area contributed by atoms with Crippen LogP contribution < -0.4 is 9.47 Å². The highest BCUT2D eigenvalue weighted by molar-refractivity contribution is 5.79. The SMILES string of the molecule is COc1cccc(/C=C/c2nc3ccccc3[nH]2)c1OCC(C)C. The number of benzene rings is 2. The van der Waals surface area contributed by atoms with E-state index in [-0.39, 0.29) is 0 Å². The zero-order valence-corrected chi connectivity index (χ0v) is 14.2. The number of aromatic amines is 1. The topological polar surface area (TPSA) is 47.1 Å². The molecule has 0 amide bonds. The second-order valence-corrected chi connectivity index (χ2v) is 6.06. The summed E-state index contributed by atoms with van der Waals surface area (Å²) in [7, 11) is 1.66. The fourth-order valence-corrected chi connectivity index (χ4v) is 2.45. The first-order chi connectivity index (χ1) is 11.7. The number of rotatable bonds is 6. The molecule has 0 atom stereocenters. The third-order valence-electron chi connectivity index (χ3n) is 3.62. The number of hydrogen-bond donors (Lipinski definition) is 1. The first-order valence-corrected chi connectivity index (χ1v) is 8.10. The molecule has 0 bridgehead atoms. The Morgan fingerprint density at radius 1 is 1.08 bits per heavy atom. The molecule has 1 aromatic heterocycles. The minimum absolute atomic E-state index is 0.446. The second kappa shape index (κ2) is 7.21. The Labute approximate surface area is 142 Å². The molecule has 0 saturated carbocycles. The second-order valence-electron chi connectivity index (χ2n) is 6.06. The molecule has 0 unspecified atom stereocenters. The van der Waals surface area contributed by atoms with Crippen molar-refractivity contribution in [3.05, 3.63) is 53.9 Å². The summed E-state index contributed by atoms with van der Waals surface area (Å²) >= 11 is 0. The molecule has 2 aromatic carbocycles. The summed E-state index contributed by atoms with van der Waals surface area (Å²) in [6.45, 7) is 4.89. The monoisotopic (exact) mass is 322 g/mol. The molecule has 0 fully saturated rings. The minimum atomic E-state index is 0.446. The highest BCUT2D eigenvalue weighted by Crippen LogP contribution is 2.32. The van der Waals surface area contributed by atoms with Crippen molar-refractivity contribution in [1.29, 1.82) is 0 Å². The largest absolute Gasteiger partial charge is 0.493 e. The maximum Gasteiger partial charge on any atom is 0.168 e. The van der Waals surface area contributed by atoms with Gasteiger partial charge in [-0.1, -0.05) is 38.1 Å². The van der Waals surface area contributed by atoms with Gasteiger partial charge in [-0.25, -0.2) is 4.98 Å². The van der Waals surface area contributed by atoms with E-state index in [0.29, 0.717) is 12.5 Å². The fourth-order valence-electron chi connectivity index (χ4n) is 2.45. The number of ether oxygens (including phenoxy) is 2. The Balaban J connectivity index is 1.90. The molecule has 124 valence electrons. The molecule has 1 heterocycles. The van der Waals surface area contributed by atoms with Gasteiger partial charge in [0.1, 0.15) is 5.82 Å². The molecular weight excluding hydrogens is 300 g/mol. The van der Waals surface area contributed by atoms with Crippen LogP contribution in [-0.4, -0.2) is 23.7 Å². The predicted molar refractivity (Wildman–Crippen MR) is 98.3 cm³/mol. The van der Waals surface area contributed by atoms with Crippen molar-refractivity contribution >= 4 is 23.2 Å². The molecule has 3 rings (SSSR count). The standard InChI is InChI=1S/C20H22N2O2/c1-14(2)13-24-20-15(7-6-10-18(20)23-3)11-12-19-21-16-8-4-5-9-17(16)22-19/h4-12,14H,13H2,1-3H3,(H,21,22)/b12-11+. The van der Waals surface area contributed by atoms with Gasteiger partial charge in [-0.15, -0.1) is 0 Å². The zero-order chi connectivity index (χ0) is 16.9. The van der Waals surface area contributed by atoms with E-state index in [1.165, 1.54) is 0 Å². The maximum atomic E-state index is 5.96. The average Bonchev–Trinajstić information content (AvgIpc) is 3.01. The molecule has 24 heavy (non-hydrogen) atoms. The van der Waals surface area contributed by atoms with Gasteiger partial charge in [0.05, 0.1) is 24.8 Å². The molecule has 4 nitrogen and oxygen atoms in total. The van der Waals surface area contributed by atoms with Gasteiger partial charge in [0, 0.05) is 5.56 Å². The van der Waals surface area contributed by atoms with E-state index >= 15 is 0 Å². The number of nitrogens with zero attached hydrogens (tertiary/aromatic N) is 1. The minimum Gasteiger partial charge on any atom is -0.493 e. The van der Waals surface area contributed by atoms with Gasteiger partial charge in [-0.3, -0.25) is 0 Å². The lowest BCUT2D eigenvalue weighted by Crippen LogP contribution is -2.06. The number of methoxy groups -OCH3 is 1. The predicted octanol–water partition coefficient (Wildman–Crippen LogP) is 4.78. The van der Waals surface area contributed by atoms with Crippen LogP contribution in [0.5, 0.6) is 11.5 Å². The van der Waals surface area contributed by atoms with E-state index in [0.717, 1.165) is 33.9 Å². The Morgan fingerprint density at radius 3 is 2.67 bits per heavy atom. The average molecular weight is 322 g/mol. The molecule has 0 aliphatic carbocycles. The van der Waals surface area contributed by atoms with Crippen molar-refractivity contribution in [3.8, 4) is 11.5 Å². The van der Waals surface area contributed by atoms with Gasteiger partial charge >= 0.3 is 0 Å². The summed E-state index contributed by atoms with van der Waals surface area (Å²) in [5.74, 6) is 2.76. The first-order valence-electron chi connectivity index (χ1n) is 8.10. The Kier molecular flexibility index (Phi) is 4.85. The normalized spacial score (nSPS) is 11.5. The third kappa shape index (κ3) is 3.59. The highest BCUT2D eigenvalue weighted by atomic mass is 16.5. The molecular formula is C20H22N2O2. The highest BCUT2D eigenvalue weighted by Gasteiger charge is 2.09. The van der Waals surface area contributed by atoms with Crippen molar-refractivity contribution in [2.45, 2.75) is 13.8 Å². The van der Waals surface area contributed by atoms with E-state index < -0.39 is 0 Å². The van der Waals surface area contributed by atoms with Crippen LogP contribution in [0.2, 0.25) is 0 Å². The van der Waals surface area contributed by atoms with Crippen LogP contribution in [-0.2, 0) is 0 Å². The molecule has 0 radical (unpaired) electrons. The number of H-pyrrole nitrogens is 1. The zero-order valence-electron chi connectivity index (χ0n) is 14.2. The third-order valence-corrected chi connectivity index (χ3v) is 3.62. The lowest BCUT2D eigenvalue weighted by Gasteiger charge is -2.14. The van der Waals surface area contributed by atoms with Gasteiger partial charge in [-0.2, -0.15) is 0 Å². The molecule has 0 aliphatic rings. The number of aromatic nitrogens is 2. The van der Waals surface area contributed by atoms with E-state index in [9.17, 15) is 0 Å². The number of nitrogens with one attached hydrogen (secondary N) is 1.